The number of carbonyl (C=O) groups excluding carboxylic acids is 6. The van der Waals surface area contributed by atoms with Crippen molar-refractivity contribution < 1.29 is 28.8 Å². The van der Waals surface area contributed by atoms with Gasteiger partial charge in [0.05, 0.1) is 12.1 Å². The van der Waals surface area contributed by atoms with Gasteiger partial charge in [-0.3, -0.25) is 24.0 Å². The van der Waals surface area contributed by atoms with E-state index in [9.17, 15) is 28.8 Å². The number of hydrogen-bond acceptors (Lipinski definition) is 6. The van der Waals surface area contributed by atoms with Crippen LogP contribution in [0.1, 0.15) is 118 Å². The summed E-state index contributed by atoms with van der Waals surface area (Å²) in [7, 11) is 0. The number of piperidine rings is 1. The standard InChI is InChI=1S/C36H60N6O6/c1-7-9-16-25(29(44)32(46)37-21-8-2)38-31(45)26-17-15-23-42(26)33(47)30(36(6)19-12-10-13-20-36)40-34(48)39-27(35(3,4)5)24-41-22-14-11-18-28(41)43/h8,25-27,30H,2,7,9-24H2,1,3-6H3,(H,37,46)(H,38,45)(H2,39,40,48)/t25?,26-,27+,30+/m0/s1. The van der Waals surface area contributed by atoms with Gasteiger partial charge in [-0.05, 0) is 55.8 Å². The van der Waals surface area contributed by atoms with E-state index in [-0.39, 0.29) is 29.8 Å². The Morgan fingerprint density at radius 3 is 2.31 bits per heavy atom. The molecule has 0 bridgehead atoms. The minimum Gasteiger partial charge on any atom is -0.346 e. The zero-order valence-corrected chi connectivity index (χ0v) is 30.0. The number of amides is 6. The normalized spacial score (nSPS) is 21.4. The highest BCUT2D eigenvalue weighted by Crippen LogP contribution is 2.40. The molecule has 1 saturated carbocycles. The van der Waals surface area contributed by atoms with Gasteiger partial charge in [-0.15, -0.1) is 6.58 Å². The molecule has 4 atom stereocenters. The molecular weight excluding hydrogens is 612 g/mol. The molecule has 0 aromatic heterocycles. The molecule has 0 aromatic rings. The van der Waals surface area contributed by atoms with E-state index in [0.29, 0.717) is 51.7 Å². The number of hydrogen-bond donors (Lipinski definition) is 4. The van der Waals surface area contributed by atoms with Gasteiger partial charge in [0, 0.05) is 32.6 Å². The Bertz CT molecular complexity index is 1180. The molecule has 12 nitrogen and oxygen atoms in total. The van der Waals surface area contributed by atoms with Gasteiger partial charge in [0.2, 0.25) is 23.5 Å². The topological polar surface area (TPSA) is 157 Å². The number of unbranched alkanes of at least 4 members (excludes halogenated alkanes) is 1. The Labute approximate surface area is 286 Å². The predicted molar refractivity (Wildman–Crippen MR) is 185 cm³/mol. The van der Waals surface area contributed by atoms with Gasteiger partial charge >= 0.3 is 6.03 Å². The summed E-state index contributed by atoms with van der Waals surface area (Å²) in [5, 5.41) is 11.4. The molecule has 3 rings (SSSR count). The van der Waals surface area contributed by atoms with E-state index in [2.05, 4.69) is 27.8 Å². The smallest absolute Gasteiger partial charge is 0.315 e. The van der Waals surface area contributed by atoms with Crippen molar-refractivity contribution in [3.63, 3.8) is 0 Å². The maximum absolute atomic E-state index is 14.5. The molecule has 48 heavy (non-hydrogen) atoms. The van der Waals surface area contributed by atoms with Gasteiger partial charge in [-0.25, -0.2) is 4.79 Å². The highest BCUT2D eigenvalue weighted by atomic mass is 16.2. The summed E-state index contributed by atoms with van der Waals surface area (Å²) in [4.78, 5) is 83.3. The van der Waals surface area contributed by atoms with E-state index in [0.717, 1.165) is 51.4 Å². The van der Waals surface area contributed by atoms with E-state index in [4.69, 9.17) is 0 Å². The lowest BCUT2D eigenvalue weighted by molar-refractivity contribution is -0.144. The highest BCUT2D eigenvalue weighted by molar-refractivity contribution is 6.38. The molecule has 6 amide bonds. The van der Waals surface area contributed by atoms with Gasteiger partial charge in [-0.2, -0.15) is 0 Å². The molecule has 4 N–H and O–H groups in total. The molecule has 2 saturated heterocycles. The molecule has 3 fully saturated rings. The Hall–Kier alpha value is -3.44. The Morgan fingerprint density at radius 2 is 1.69 bits per heavy atom. The van der Waals surface area contributed by atoms with Crippen molar-refractivity contribution in [2.75, 3.05) is 26.2 Å². The van der Waals surface area contributed by atoms with Crippen LogP contribution in [0.2, 0.25) is 0 Å². The van der Waals surface area contributed by atoms with Crippen LogP contribution < -0.4 is 21.3 Å². The molecule has 0 radical (unpaired) electrons. The largest absolute Gasteiger partial charge is 0.346 e. The second-order valence-corrected chi connectivity index (χ2v) is 15.2. The van der Waals surface area contributed by atoms with Gasteiger partial charge < -0.3 is 31.1 Å². The number of nitrogens with one attached hydrogen (secondary N) is 4. The summed E-state index contributed by atoms with van der Waals surface area (Å²) >= 11 is 0. The van der Waals surface area contributed by atoms with Gasteiger partial charge in [0.15, 0.2) is 0 Å². The van der Waals surface area contributed by atoms with E-state index < -0.39 is 47.2 Å². The zero-order chi connectivity index (χ0) is 35.5. The number of nitrogens with zero attached hydrogens (tertiary/aromatic N) is 2. The van der Waals surface area contributed by atoms with Crippen LogP contribution in [-0.4, -0.2) is 95.6 Å². The first-order valence-corrected chi connectivity index (χ1v) is 18.1. The lowest BCUT2D eigenvalue weighted by Crippen LogP contribution is -2.63. The van der Waals surface area contributed by atoms with Gasteiger partial charge in [0.25, 0.3) is 5.91 Å². The van der Waals surface area contributed by atoms with Crippen molar-refractivity contribution in [3.8, 4) is 0 Å². The fraction of sp³-hybridized carbons (Fsp3) is 0.778. The van der Waals surface area contributed by atoms with Crippen molar-refractivity contribution in [1.82, 2.24) is 31.1 Å². The number of carbonyl (C=O) groups is 6. The first-order chi connectivity index (χ1) is 22.7. The maximum Gasteiger partial charge on any atom is 0.315 e. The first-order valence-electron chi connectivity index (χ1n) is 18.1. The van der Waals surface area contributed by atoms with E-state index in [1.54, 1.807) is 4.90 Å². The molecule has 2 heterocycles. The zero-order valence-electron chi connectivity index (χ0n) is 30.0. The monoisotopic (exact) mass is 672 g/mol. The van der Waals surface area contributed by atoms with Gasteiger partial charge in [-0.1, -0.05) is 72.8 Å². The van der Waals surface area contributed by atoms with Crippen LogP contribution in [0, 0.1) is 10.8 Å². The van der Waals surface area contributed by atoms with Crippen molar-refractivity contribution in [3.05, 3.63) is 12.7 Å². The summed E-state index contributed by atoms with van der Waals surface area (Å²) in [5.41, 5.74) is -0.866. The quantitative estimate of drug-likeness (QED) is 0.154. The van der Waals surface area contributed by atoms with Crippen molar-refractivity contribution >= 4 is 35.4 Å². The highest BCUT2D eigenvalue weighted by Gasteiger charge is 2.47. The summed E-state index contributed by atoms with van der Waals surface area (Å²) in [5.74, 6) is -2.20. The first kappa shape index (κ1) is 39.0. The number of rotatable bonds is 15. The van der Waals surface area contributed by atoms with Gasteiger partial charge in [0.1, 0.15) is 12.1 Å². The minimum atomic E-state index is -1.00. The Kier molecular flexibility index (Phi) is 14.5. The SMILES string of the molecule is C=CCNC(=O)C(=O)C(CCCC)NC(=O)[C@@H]1CCCN1C(=O)[C@@H](NC(=O)N[C@H](CN1CCCCC1=O)C(C)(C)C)C1(C)CCCCC1. The predicted octanol–water partition coefficient (Wildman–Crippen LogP) is 3.59. The molecular formula is C36H60N6O6. The molecule has 0 spiro atoms. The molecule has 12 heteroatoms. The second kappa shape index (κ2) is 17.8. The third kappa shape index (κ3) is 10.5. The average Bonchev–Trinajstić information content (AvgIpc) is 3.54. The lowest BCUT2D eigenvalue weighted by Gasteiger charge is -2.43. The molecule has 3 aliphatic rings. The van der Waals surface area contributed by atoms with E-state index in [1.807, 2.05) is 39.5 Å². The van der Waals surface area contributed by atoms with Crippen LogP contribution in [0.3, 0.4) is 0 Å². The second-order valence-electron chi connectivity index (χ2n) is 15.2. The average molecular weight is 673 g/mol. The number of Topliss-reactive ketones (excluding diaryl/α,β-unsaturated/α-hetero) is 1. The molecule has 1 aliphatic carbocycles. The number of likely N-dealkylation sites (tertiary alicyclic amines) is 2. The van der Waals surface area contributed by atoms with Crippen LogP contribution in [0.25, 0.3) is 0 Å². The van der Waals surface area contributed by atoms with Crippen molar-refractivity contribution in [2.24, 2.45) is 10.8 Å². The number of urea groups is 1. The van der Waals surface area contributed by atoms with Crippen LogP contribution in [-0.2, 0) is 24.0 Å². The van der Waals surface area contributed by atoms with E-state index in [1.165, 1.54) is 6.08 Å². The third-order valence-corrected chi connectivity index (χ3v) is 10.3. The Morgan fingerprint density at radius 1 is 0.979 bits per heavy atom. The minimum absolute atomic E-state index is 0.0925. The molecule has 1 unspecified atom stereocenters. The van der Waals surface area contributed by atoms with Crippen molar-refractivity contribution in [2.45, 2.75) is 142 Å². The summed E-state index contributed by atoms with van der Waals surface area (Å²) < 4.78 is 0. The van der Waals surface area contributed by atoms with Crippen LogP contribution >= 0.6 is 0 Å². The van der Waals surface area contributed by atoms with E-state index >= 15 is 0 Å². The van der Waals surface area contributed by atoms with Crippen LogP contribution in [0.4, 0.5) is 4.79 Å². The summed E-state index contributed by atoms with van der Waals surface area (Å²) in [6.07, 6.45) is 11.0. The fourth-order valence-electron chi connectivity index (χ4n) is 7.15. The number of ketones is 1. The Balaban J connectivity index is 1.80. The lowest BCUT2D eigenvalue weighted by atomic mass is 9.70. The van der Waals surface area contributed by atoms with Crippen molar-refractivity contribution in [1.29, 1.82) is 0 Å². The molecule has 2 aliphatic heterocycles. The maximum atomic E-state index is 14.5. The van der Waals surface area contributed by atoms with Crippen LogP contribution in [0.15, 0.2) is 12.7 Å². The fourth-order valence-corrected chi connectivity index (χ4v) is 7.15. The summed E-state index contributed by atoms with van der Waals surface area (Å²) in [6, 6.07) is -3.51. The summed E-state index contributed by atoms with van der Waals surface area (Å²) in [6.45, 7) is 15.2. The van der Waals surface area contributed by atoms with Crippen LogP contribution in [0.5, 0.6) is 0 Å². The third-order valence-electron chi connectivity index (χ3n) is 10.3. The molecule has 0 aromatic carbocycles. The molecule has 270 valence electrons.